The van der Waals surface area contributed by atoms with E-state index in [2.05, 4.69) is 5.32 Å². The monoisotopic (exact) mass is 199 g/mol. The summed E-state index contributed by atoms with van der Waals surface area (Å²) in [4.78, 5) is 0. The molecule has 0 spiro atoms. The standard InChI is InChI=1S/C11H15F2N/c1-3-7-14-8(2)9-5-4-6-10(12)11(9)13/h4-6,8,14H,3,7H2,1-2H3. The summed E-state index contributed by atoms with van der Waals surface area (Å²) in [6, 6.07) is 4.11. The summed E-state index contributed by atoms with van der Waals surface area (Å²) >= 11 is 0. The Morgan fingerprint density at radius 3 is 2.71 bits per heavy atom. The molecule has 0 radical (unpaired) electrons. The lowest BCUT2D eigenvalue weighted by molar-refractivity contribution is 0.473. The van der Waals surface area contributed by atoms with Crippen molar-refractivity contribution in [3.63, 3.8) is 0 Å². The van der Waals surface area contributed by atoms with Crippen molar-refractivity contribution in [2.45, 2.75) is 26.3 Å². The van der Waals surface area contributed by atoms with E-state index in [1.807, 2.05) is 13.8 Å². The molecule has 0 heterocycles. The van der Waals surface area contributed by atoms with E-state index in [1.165, 1.54) is 6.07 Å². The molecule has 0 saturated heterocycles. The molecule has 0 aliphatic heterocycles. The zero-order valence-electron chi connectivity index (χ0n) is 8.48. The minimum absolute atomic E-state index is 0.148. The highest BCUT2D eigenvalue weighted by molar-refractivity contribution is 5.21. The van der Waals surface area contributed by atoms with Crippen molar-refractivity contribution in [1.82, 2.24) is 5.32 Å². The van der Waals surface area contributed by atoms with E-state index in [1.54, 1.807) is 6.07 Å². The smallest absolute Gasteiger partial charge is 0.163 e. The van der Waals surface area contributed by atoms with Gasteiger partial charge in [-0.2, -0.15) is 0 Å². The SMILES string of the molecule is CCCNC(C)c1cccc(F)c1F. The minimum atomic E-state index is -0.785. The number of nitrogens with one attached hydrogen (secondary N) is 1. The largest absolute Gasteiger partial charge is 0.310 e. The molecule has 1 N–H and O–H groups in total. The number of hydrogen-bond donors (Lipinski definition) is 1. The molecule has 0 aliphatic carbocycles. The van der Waals surface area contributed by atoms with E-state index in [9.17, 15) is 8.78 Å². The summed E-state index contributed by atoms with van der Waals surface area (Å²) in [5.74, 6) is -1.53. The van der Waals surface area contributed by atoms with Gasteiger partial charge in [-0.3, -0.25) is 0 Å². The van der Waals surface area contributed by atoms with E-state index < -0.39 is 11.6 Å². The first-order chi connectivity index (χ1) is 6.66. The minimum Gasteiger partial charge on any atom is -0.310 e. The lowest BCUT2D eigenvalue weighted by Crippen LogP contribution is -2.20. The molecule has 1 atom stereocenters. The summed E-state index contributed by atoms with van der Waals surface area (Å²) in [6.07, 6.45) is 0.973. The van der Waals surface area contributed by atoms with Crippen LogP contribution in [0.4, 0.5) is 8.78 Å². The molecule has 0 aromatic heterocycles. The topological polar surface area (TPSA) is 12.0 Å². The number of halogens is 2. The van der Waals surface area contributed by atoms with E-state index in [4.69, 9.17) is 0 Å². The lowest BCUT2D eigenvalue weighted by Gasteiger charge is -2.14. The van der Waals surface area contributed by atoms with Gasteiger partial charge in [0.25, 0.3) is 0 Å². The molecule has 1 nitrogen and oxygen atoms in total. The quantitative estimate of drug-likeness (QED) is 0.786. The zero-order valence-corrected chi connectivity index (χ0v) is 8.48. The van der Waals surface area contributed by atoms with Gasteiger partial charge in [0.1, 0.15) is 0 Å². The maximum absolute atomic E-state index is 13.3. The Kier molecular flexibility index (Phi) is 4.01. The van der Waals surface area contributed by atoms with Crippen LogP contribution >= 0.6 is 0 Å². The maximum Gasteiger partial charge on any atom is 0.163 e. The van der Waals surface area contributed by atoms with Gasteiger partial charge in [-0.05, 0) is 26.0 Å². The van der Waals surface area contributed by atoms with Gasteiger partial charge in [-0.1, -0.05) is 19.1 Å². The Hall–Kier alpha value is -0.960. The van der Waals surface area contributed by atoms with Gasteiger partial charge in [0.2, 0.25) is 0 Å². The zero-order chi connectivity index (χ0) is 10.6. The summed E-state index contributed by atoms with van der Waals surface area (Å²) < 4.78 is 26.1. The van der Waals surface area contributed by atoms with Crippen molar-refractivity contribution in [2.24, 2.45) is 0 Å². The Morgan fingerprint density at radius 2 is 2.07 bits per heavy atom. The predicted molar refractivity (Wildman–Crippen MR) is 53.1 cm³/mol. The molecule has 0 amide bonds. The molecule has 14 heavy (non-hydrogen) atoms. The maximum atomic E-state index is 13.3. The van der Waals surface area contributed by atoms with Crippen LogP contribution in [0.15, 0.2) is 18.2 Å². The van der Waals surface area contributed by atoms with Gasteiger partial charge in [-0.15, -0.1) is 0 Å². The Balaban J connectivity index is 2.79. The van der Waals surface area contributed by atoms with Gasteiger partial charge in [0.15, 0.2) is 11.6 Å². The van der Waals surface area contributed by atoms with Gasteiger partial charge in [-0.25, -0.2) is 8.78 Å². The molecule has 78 valence electrons. The first kappa shape index (κ1) is 11.1. The van der Waals surface area contributed by atoms with Crippen LogP contribution in [0.25, 0.3) is 0 Å². The van der Waals surface area contributed by atoms with Gasteiger partial charge in [0, 0.05) is 11.6 Å². The van der Waals surface area contributed by atoms with E-state index in [0.717, 1.165) is 19.0 Å². The second-order valence-corrected chi connectivity index (χ2v) is 3.32. The van der Waals surface area contributed by atoms with Crippen molar-refractivity contribution in [3.05, 3.63) is 35.4 Å². The highest BCUT2D eigenvalue weighted by Gasteiger charge is 2.12. The van der Waals surface area contributed by atoms with E-state index in [-0.39, 0.29) is 6.04 Å². The lowest BCUT2D eigenvalue weighted by atomic mass is 10.1. The fourth-order valence-corrected chi connectivity index (χ4v) is 1.33. The summed E-state index contributed by atoms with van der Waals surface area (Å²) in [5, 5.41) is 3.11. The molecule has 1 aromatic rings. The van der Waals surface area contributed by atoms with Crippen LogP contribution in [-0.4, -0.2) is 6.54 Å². The first-order valence-corrected chi connectivity index (χ1v) is 4.84. The van der Waals surface area contributed by atoms with Crippen LogP contribution in [0.2, 0.25) is 0 Å². The number of hydrogen-bond acceptors (Lipinski definition) is 1. The Bertz CT molecular complexity index is 299. The highest BCUT2D eigenvalue weighted by atomic mass is 19.2. The molecule has 1 rings (SSSR count). The van der Waals surface area contributed by atoms with Gasteiger partial charge >= 0.3 is 0 Å². The predicted octanol–water partition coefficient (Wildman–Crippen LogP) is 3.03. The molecule has 1 aromatic carbocycles. The number of rotatable bonds is 4. The molecule has 0 bridgehead atoms. The summed E-state index contributed by atoms with van der Waals surface area (Å²) in [5.41, 5.74) is 0.387. The van der Waals surface area contributed by atoms with Gasteiger partial charge < -0.3 is 5.32 Å². The fraction of sp³-hybridized carbons (Fsp3) is 0.455. The third kappa shape index (κ3) is 2.51. The average Bonchev–Trinajstić information content (AvgIpc) is 2.18. The second-order valence-electron chi connectivity index (χ2n) is 3.32. The Morgan fingerprint density at radius 1 is 1.36 bits per heavy atom. The van der Waals surface area contributed by atoms with Crippen molar-refractivity contribution < 1.29 is 8.78 Å². The molecule has 0 fully saturated rings. The van der Waals surface area contributed by atoms with Crippen LogP contribution < -0.4 is 5.32 Å². The molecular formula is C11H15F2N. The third-order valence-electron chi connectivity index (χ3n) is 2.15. The van der Waals surface area contributed by atoms with E-state index >= 15 is 0 Å². The molecule has 0 aliphatic rings. The molecule has 1 unspecified atom stereocenters. The van der Waals surface area contributed by atoms with Crippen molar-refractivity contribution in [3.8, 4) is 0 Å². The van der Waals surface area contributed by atoms with Crippen LogP contribution in [0, 0.1) is 11.6 Å². The van der Waals surface area contributed by atoms with Crippen LogP contribution in [0.1, 0.15) is 31.9 Å². The van der Waals surface area contributed by atoms with Gasteiger partial charge in [0.05, 0.1) is 0 Å². The van der Waals surface area contributed by atoms with Crippen LogP contribution in [0.5, 0.6) is 0 Å². The van der Waals surface area contributed by atoms with Crippen LogP contribution in [-0.2, 0) is 0 Å². The molecule has 0 saturated carbocycles. The molecule has 3 heteroatoms. The average molecular weight is 199 g/mol. The first-order valence-electron chi connectivity index (χ1n) is 4.84. The fourth-order valence-electron chi connectivity index (χ4n) is 1.33. The highest BCUT2D eigenvalue weighted by Crippen LogP contribution is 2.18. The normalized spacial score (nSPS) is 12.9. The van der Waals surface area contributed by atoms with E-state index in [0.29, 0.717) is 5.56 Å². The third-order valence-corrected chi connectivity index (χ3v) is 2.15. The molecular weight excluding hydrogens is 184 g/mol. The second kappa shape index (κ2) is 5.05. The summed E-state index contributed by atoms with van der Waals surface area (Å²) in [6.45, 7) is 4.66. The summed E-state index contributed by atoms with van der Waals surface area (Å²) in [7, 11) is 0. The van der Waals surface area contributed by atoms with Crippen molar-refractivity contribution in [2.75, 3.05) is 6.54 Å². The van der Waals surface area contributed by atoms with Crippen molar-refractivity contribution in [1.29, 1.82) is 0 Å². The number of benzene rings is 1. The van der Waals surface area contributed by atoms with Crippen molar-refractivity contribution >= 4 is 0 Å². The van der Waals surface area contributed by atoms with Crippen LogP contribution in [0.3, 0.4) is 0 Å². The Labute approximate surface area is 83.1 Å².